The molecule has 5 nitrogen and oxygen atoms in total. The van der Waals surface area contributed by atoms with Gasteiger partial charge in [0.1, 0.15) is 5.75 Å². The van der Waals surface area contributed by atoms with E-state index in [0.29, 0.717) is 5.92 Å². The second-order valence-electron chi connectivity index (χ2n) is 5.97. The third kappa shape index (κ3) is 2.80. The molecule has 0 spiro atoms. The lowest BCUT2D eigenvalue weighted by Gasteiger charge is -2.19. The summed E-state index contributed by atoms with van der Waals surface area (Å²) in [6.07, 6.45) is 4.39. The number of pyridine rings is 1. The van der Waals surface area contributed by atoms with Gasteiger partial charge in [0.05, 0.1) is 7.11 Å². The minimum absolute atomic E-state index is 0.420. The summed E-state index contributed by atoms with van der Waals surface area (Å²) in [6.45, 7) is 2.07. The summed E-state index contributed by atoms with van der Waals surface area (Å²) in [7, 11) is 1.68. The van der Waals surface area contributed by atoms with Crippen LogP contribution in [0.15, 0.2) is 42.6 Å². The molecule has 23 heavy (non-hydrogen) atoms. The van der Waals surface area contributed by atoms with Gasteiger partial charge in [-0.05, 0) is 49.2 Å². The Labute approximate surface area is 135 Å². The lowest BCUT2D eigenvalue weighted by molar-refractivity contribution is 0.415. The maximum Gasteiger partial charge on any atom is 0.156 e. The summed E-state index contributed by atoms with van der Waals surface area (Å²) in [4.78, 5) is 4.69. The van der Waals surface area contributed by atoms with E-state index in [-0.39, 0.29) is 0 Å². The molecule has 1 N–H and O–H groups in total. The van der Waals surface area contributed by atoms with Crippen molar-refractivity contribution in [3.8, 4) is 16.9 Å². The van der Waals surface area contributed by atoms with Crippen LogP contribution in [0.4, 0.5) is 0 Å². The molecule has 0 aliphatic carbocycles. The van der Waals surface area contributed by atoms with Crippen molar-refractivity contribution >= 4 is 5.65 Å². The van der Waals surface area contributed by atoms with Crippen LogP contribution in [0, 0.1) is 0 Å². The number of nitrogens with one attached hydrogen (secondary N) is 1. The first-order valence-corrected chi connectivity index (χ1v) is 8.05. The maximum absolute atomic E-state index is 5.31. The lowest BCUT2D eigenvalue weighted by atomic mass is 9.99. The first kappa shape index (κ1) is 14.2. The van der Waals surface area contributed by atoms with Crippen LogP contribution in [0.2, 0.25) is 0 Å². The molecule has 1 aliphatic heterocycles. The lowest BCUT2D eigenvalue weighted by Crippen LogP contribution is -2.28. The SMILES string of the molecule is COc1cccc(-c2ccc3nc([C@@H]4CCCNC4)nn3c2)c1. The average molecular weight is 308 g/mol. The highest BCUT2D eigenvalue weighted by Crippen LogP contribution is 2.25. The van der Waals surface area contributed by atoms with Gasteiger partial charge in [0.2, 0.25) is 0 Å². The van der Waals surface area contributed by atoms with Gasteiger partial charge < -0.3 is 10.1 Å². The predicted octanol–water partition coefficient (Wildman–Crippen LogP) is 2.87. The molecule has 0 amide bonds. The second kappa shape index (κ2) is 6.01. The summed E-state index contributed by atoms with van der Waals surface area (Å²) < 4.78 is 7.19. The van der Waals surface area contributed by atoms with E-state index in [9.17, 15) is 0 Å². The number of nitrogens with zero attached hydrogens (tertiary/aromatic N) is 3. The zero-order valence-corrected chi connectivity index (χ0v) is 13.2. The molecule has 2 aromatic heterocycles. The van der Waals surface area contributed by atoms with Gasteiger partial charge in [0, 0.05) is 24.2 Å². The minimum Gasteiger partial charge on any atom is -0.497 e. The summed E-state index contributed by atoms with van der Waals surface area (Å²) in [5, 5.41) is 8.12. The number of aromatic nitrogens is 3. The molecule has 1 aromatic carbocycles. The Morgan fingerprint density at radius 3 is 3.00 bits per heavy atom. The van der Waals surface area contributed by atoms with Gasteiger partial charge in [-0.25, -0.2) is 9.50 Å². The van der Waals surface area contributed by atoms with E-state index in [4.69, 9.17) is 14.8 Å². The molecule has 0 unspecified atom stereocenters. The molecule has 118 valence electrons. The zero-order chi connectivity index (χ0) is 15.6. The summed E-state index contributed by atoms with van der Waals surface area (Å²) in [5.74, 6) is 2.22. The standard InChI is InChI=1S/C18H20N4O/c1-23-16-6-2-4-13(10-16)15-7-8-17-20-18(21-22(17)12-15)14-5-3-9-19-11-14/h2,4,6-8,10,12,14,19H,3,5,9,11H2,1H3/t14-/m1/s1. The van der Waals surface area contributed by atoms with Crippen molar-refractivity contribution in [2.75, 3.05) is 20.2 Å². The van der Waals surface area contributed by atoms with Crippen LogP contribution in [-0.4, -0.2) is 34.8 Å². The fourth-order valence-electron chi connectivity index (χ4n) is 3.12. The van der Waals surface area contributed by atoms with Gasteiger partial charge in [-0.3, -0.25) is 0 Å². The van der Waals surface area contributed by atoms with Gasteiger partial charge in [-0.1, -0.05) is 12.1 Å². The molecule has 3 aromatic rings. The fourth-order valence-corrected chi connectivity index (χ4v) is 3.12. The number of hydrogen-bond donors (Lipinski definition) is 1. The van der Waals surface area contributed by atoms with Gasteiger partial charge >= 0.3 is 0 Å². The minimum atomic E-state index is 0.420. The molecule has 3 heterocycles. The zero-order valence-electron chi connectivity index (χ0n) is 13.2. The van der Waals surface area contributed by atoms with Crippen molar-refractivity contribution in [2.45, 2.75) is 18.8 Å². The average Bonchev–Trinajstić information content (AvgIpc) is 3.06. The van der Waals surface area contributed by atoms with Crippen molar-refractivity contribution in [2.24, 2.45) is 0 Å². The third-order valence-corrected chi connectivity index (χ3v) is 4.41. The molecule has 0 bridgehead atoms. The molecule has 0 radical (unpaired) electrons. The first-order chi connectivity index (χ1) is 11.3. The van der Waals surface area contributed by atoms with Crippen molar-refractivity contribution in [1.82, 2.24) is 19.9 Å². The van der Waals surface area contributed by atoms with Crippen LogP contribution in [0.25, 0.3) is 16.8 Å². The fraction of sp³-hybridized carbons (Fsp3) is 0.333. The Morgan fingerprint density at radius 2 is 2.17 bits per heavy atom. The van der Waals surface area contributed by atoms with Crippen LogP contribution in [0.5, 0.6) is 5.75 Å². The number of benzene rings is 1. The van der Waals surface area contributed by atoms with Crippen LogP contribution >= 0.6 is 0 Å². The number of hydrogen-bond acceptors (Lipinski definition) is 4. The maximum atomic E-state index is 5.31. The number of fused-ring (bicyclic) bond motifs is 1. The van der Waals surface area contributed by atoms with Crippen LogP contribution in [0.1, 0.15) is 24.6 Å². The topological polar surface area (TPSA) is 51.5 Å². The molecule has 1 fully saturated rings. The molecule has 1 aliphatic rings. The second-order valence-corrected chi connectivity index (χ2v) is 5.97. The van der Waals surface area contributed by atoms with E-state index in [1.807, 2.05) is 35.0 Å². The molecular formula is C18H20N4O. The van der Waals surface area contributed by atoms with Crippen molar-refractivity contribution in [3.63, 3.8) is 0 Å². The summed E-state index contributed by atoms with van der Waals surface area (Å²) in [6, 6.07) is 12.2. The summed E-state index contributed by atoms with van der Waals surface area (Å²) >= 11 is 0. The number of ether oxygens (including phenoxy) is 1. The van der Waals surface area contributed by atoms with Crippen molar-refractivity contribution in [1.29, 1.82) is 0 Å². The van der Waals surface area contributed by atoms with E-state index in [2.05, 4.69) is 17.4 Å². The van der Waals surface area contributed by atoms with E-state index in [1.54, 1.807) is 7.11 Å². The van der Waals surface area contributed by atoms with Gasteiger partial charge in [0.25, 0.3) is 0 Å². The third-order valence-electron chi connectivity index (χ3n) is 4.41. The Balaban J connectivity index is 1.69. The van der Waals surface area contributed by atoms with Gasteiger partial charge in [0.15, 0.2) is 11.5 Å². The molecule has 0 saturated carbocycles. The predicted molar refractivity (Wildman–Crippen MR) is 89.8 cm³/mol. The van der Waals surface area contributed by atoms with E-state index >= 15 is 0 Å². The monoisotopic (exact) mass is 308 g/mol. The highest BCUT2D eigenvalue weighted by molar-refractivity contribution is 5.65. The molecule has 1 atom stereocenters. The van der Waals surface area contributed by atoms with Crippen LogP contribution in [0.3, 0.4) is 0 Å². The number of methoxy groups -OCH3 is 1. The number of rotatable bonds is 3. The van der Waals surface area contributed by atoms with Crippen molar-refractivity contribution in [3.05, 3.63) is 48.4 Å². The largest absolute Gasteiger partial charge is 0.497 e. The van der Waals surface area contributed by atoms with Crippen molar-refractivity contribution < 1.29 is 4.74 Å². The number of piperidine rings is 1. The molecule has 5 heteroatoms. The summed E-state index contributed by atoms with van der Waals surface area (Å²) in [5.41, 5.74) is 3.12. The highest BCUT2D eigenvalue weighted by Gasteiger charge is 2.19. The van der Waals surface area contributed by atoms with Gasteiger partial charge in [-0.2, -0.15) is 5.10 Å². The van der Waals surface area contributed by atoms with Crippen LogP contribution < -0.4 is 10.1 Å². The quantitative estimate of drug-likeness (QED) is 0.808. The van der Waals surface area contributed by atoms with E-state index in [1.165, 1.54) is 6.42 Å². The smallest absolute Gasteiger partial charge is 0.156 e. The molecule has 1 saturated heterocycles. The molecule has 4 rings (SSSR count). The highest BCUT2D eigenvalue weighted by atomic mass is 16.5. The van der Waals surface area contributed by atoms with E-state index in [0.717, 1.165) is 47.9 Å². The Hall–Kier alpha value is -2.40. The van der Waals surface area contributed by atoms with Gasteiger partial charge in [-0.15, -0.1) is 0 Å². The first-order valence-electron chi connectivity index (χ1n) is 8.05. The van der Waals surface area contributed by atoms with E-state index < -0.39 is 0 Å². The Morgan fingerprint density at radius 1 is 1.22 bits per heavy atom. The molecular weight excluding hydrogens is 288 g/mol. The Kier molecular flexibility index (Phi) is 3.71. The Bertz CT molecular complexity index is 821. The van der Waals surface area contributed by atoms with Crippen LogP contribution in [-0.2, 0) is 0 Å². The normalized spacial score (nSPS) is 18.2.